The maximum atomic E-state index is 12.6. The van der Waals surface area contributed by atoms with Crippen LogP contribution in [0.2, 0.25) is 5.02 Å². The number of hydrogen-bond donors (Lipinski definition) is 1. The zero-order valence-electron chi connectivity index (χ0n) is 20.5. The lowest BCUT2D eigenvalue weighted by Crippen LogP contribution is -2.17. The molecule has 37 heavy (non-hydrogen) atoms. The van der Waals surface area contributed by atoms with Crippen molar-refractivity contribution in [3.05, 3.63) is 94.6 Å². The third-order valence-corrected chi connectivity index (χ3v) is 5.89. The molecule has 0 aliphatic heterocycles. The molecule has 4 aromatic rings. The van der Waals surface area contributed by atoms with Gasteiger partial charge in [-0.05, 0) is 61.9 Å². The largest absolute Gasteiger partial charge is 0.469 e. The van der Waals surface area contributed by atoms with Crippen LogP contribution >= 0.6 is 11.6 Å². The number of nitrogens with zero attached hydrogens (tertiary/aromatic N) is 1. The third-order valence-electron chi connectivity index (χ3n) is 5.54. The molecule has 0 saturated carbocycles. The number of methoxy groups -OCH3 is 1. The summed E-state index contributed by atoms with van der Waals surface area (Å²) in [4.78, 5) is 24.2. The number of carbonyl (C=O) groups is 2. The number of aromatic nitrogens is 1. The third kappa shape index (κ3) is 6.48. The Labute approximate surface area is 219 Å². The van der Waals surface area contributed by atoms with E-state index >= 15 is 0 Å². The van der Waals surface area contributed by atoms with Gasteiger partial charge in [-0.3, -0.25) is 10.1 Å². The van der Waals surface area contributed by atoms with Crippen molar-refractivity contribution in [2.75, 3.05) is 12.4 Å². The molecule has 0 aliphatic carbocycles. The molecule has 9 heteroatoms. The Morgan fingerprint density at radius 1 is 1.03 bits per heavy atom. The number of esters is 1. The number of nitrogens with one attached hydrogen (secondary N) is 1. The summed E-state index contributed by atoms with van der Waals surface area (Å²) in [6.45, 7) is 3.46. The van der Waals surface area contributed by atoms with Gasteiger partial charge >= 0.3 is 12.1 Å². The number of rotatable bonds is 8. The van der Waals surface area contributed by atoms with Crippen LogP contribution < -0.4 is 10.1 Å². The van der Waals surface area contributed by atoms with Crippen molar-refractivity contribution >= 4 is 29.4 Å². The van der Waals surface area contributed by atoms with Gasteiger partial charge in [0.05, 0.1) is 13.5 Å². The van der Waals surface area contributed by atoms with Gasteiger partial charge in [-0.1, -0.05) is 47.1 Å². The molecule has 190 valence electrons. The van der Waals surface area contributed by atoms with Crippen LogP contribution in [-0.4, -0.2) is 24.3 Å². The highest BCUT2D eigenvalue weighted by Gasteiger charge is 2.20. The number of benzene rings is 3. The van der Waals surface area contributed by atoms with E-state index in [0.29, 0.717) is 44.8 Å². The highest BCUT2D eigenvalue weighted by Crippen LogP contribution is 2.33. The van der Waals surface area contributed by atoms with E-state index in [1.165, 1.54) is 7.11 Å². The highest BCUT2D eigenvalue weighted by molar-refractivity contribution is 6.31. The van der Waals surface area contributed by atoms with Crippen LogP contribution in [0.4, 0.5) is 10.5 Å². The quantitative estimate of drug-likeness (QED) is 0.247. The molecular weight excluding hydrogens is 496 g/mol. The van der Waals surface area contributed by atoms with Gasteiger partial charge in [0.2, 0.25) is 0 Å². The first kappa shape index (κ1) is 25.8. The fourth-order valence-corrected chi connectivity index (χ4v) is 3.93. The molecular formula is C28H25ClN2O6. The van der Waals surface area contributed by atoms with Crippen molar-refractivity contribution in [1.29, 1.82) is 0 Å². The minimum Gasteiger partial charge on any atom is -0.469 e. The van der Waals surface area contributed by atoms with Gasteiger partial charge in [0.1, 0.15) is 29.0 Å². The van der Waals surface area contributed by atoms with Crippen molar-refractivity contribution in [2.24, 2.45) is 0 Å². The second kappa shape index (κ2) is 11.6. The van der Waals surface area contributed by atoms with E-state index in [1.807, 2.05) is 24.3 Å². The van der Waals surface area contributed by atoms with E-state index in [0.717, 1.165) is 5.56 Å². The minimum absolute atomic E-state index is 0.160. The Kier molecular flexibility index (Phi) is 8.10. The summed E-state index contributed by atoms with van der Waals surface area (Å²) in [7, 11) is 1.35. The van der Waals surface area contributed by atoms with Crippen LogP contribution in [0.3, 0.4) is 0 Å². The number of halogens is 1. The van der Waals surface area contributed by atoms with E-state index in [1.54, 1.807) is 62.4 Å². The SMILES string of the molecule is COC(=O)Cc1cccc(Oc2ccc(-c3onc(C)c3NC(=O)O[C@H](C)c3ccccc3Cl)cc2)c1. The summed E-state index contributed by atoms with van der Waals surface area (Å²) < 4.78 is 21.6. The van der Waals surface area contributed by atoms with Crippen molar-refractivity contribution in [3.63, 3.8) is 0 Å². The first-order chi connectivity index (χ1) is 17.8. The molecule has 8 nitrogen and oxygen atoms in total. The lowest BCUT2D eigenvalue weighted by atomic mass is 10.1. The van der Waals surface area contributed by atoms with Crippen LogP contribution in [0.25, 0.3) is 11.3 Å². The maximum Gasteiger partial charge on any atom is 0.412 e. The van der Waals surface area contributed by atoms with Crippen LogP contribution in [0.1, 0.15) is 29.8 Å². The molecule has 1 atom stereocenters. The summed E-state index contributed by atoms with van der Waals surface area (Å²) in [5.74, 6) is 1.22. The average Bonchev–Trinajstić information content (AvgIpc) is 3.24. The van der Waals surface area contributed by atoms with Crippen molar-refractivity contribution in [1.82, 2.24) is 5.16 Å². The molecule has 1 aromatic heterocycles. The lowest BCUT2D eigenvalue weighted by molar-refractivity contribution is -0.139. The molecule has 0 spiro atoms. The van der Waals surface area contributed by atoms with Crippen LogP contribution in [0.5, 0.6) is 11.5 Å². The Hall–Kier alpha value is -4.30. The molecule has 0 aliphatic rings. The van der Waals surface area contributed by atoms with Gasteiger partial charge in [-0.15, -0.1) is 0 Å². The summed E-state index contributed by atoms with van der Waals surface area (Å²) in [5.41, 5.74) is 3.07. The monoisotopic (exact) mass is 520 g/mol. The maximum absolute atomic E-state index is 12.6. The molecule has 0 fully saturated rings. The number of aryl methyl sites for hydroxylation is 1. The first-order valence-electron chi connectivity index (χ1n) is 11.5. The zero-order chi connectivity index (χ0) is 26.4. The minimum atomic E-state index is -0.660. The van der Waals surface area contributed by atoms with Crippen LogP contribution in [0.15, 0.2) is 77.3 Å². The second-order valence-corrected chi connectivity index (χ2v) is 8.60. The number of hydrogen-bond acceptors (Lipinski definition) is 7. The van der Waals surface area contributed by atoms with Gasteiger partial charge in [0.15, 0.2) is 5.76 Å². The van der Waals surface area contributed by atoms with Gasteiger partial charge in [0.25, 0.3) is 0 Å². The van der Waals surface area contributed by atoms with Gasteiger partial charge in [0, 0.05) is 16.1 Å². The fourth-order valence-electron chi connectivity index (χ4n) is 3.64. The van der Waals surface area contributed by atoms with Crippen LogP contribution in [-0.2, 0) is 20.7 Å². The Balaban J connectivity index is 1.44. The van der Waals surface area contributed by atoms with Gasteiger partial charge in [-0.2, -0.15) is 0 Å². The zero-order valence-corrected chi connectivity index (χ0v) is 21.2. The Morgan fingerprint density at radius 3 is 2.51 bits per heavy atom. The Bertz CT molecular complexity index is 1400. The van der Waals surface area contributed by atoms with Crippen molar-refractivity contribution in [3.8, 4) is 22.8 Å². The standard InChI is InChI=1S/C28H25ClN2O6/c1-17-26(30-28(33)35-18(2)23-9-4-5-10-24(23)29)27(37-31-17)20-11-13-21(14-12-20)36-22-8-6-7-19(15-22)16-25(32)34-3/h4-15,18H,16H2,1-3H3,(H,30,33)/t18-/m1/s1. The van der Waals surface area contributed by atoms with E-state index in [9.17, 15) is 9.59 Å². The van der Waals surface area contributed by atoms with E-state index in [2.05, 4.69) is 10.5 Å². The molecule has 0 radical (unpaired) electrons. The molecule has 3 aromatic carbocycles. The summed E-state index contributed by atoms with van der Waals surface area (Å²) in [5, 5.41) is 7.24. The molecule has 4 rings (SSSR count). The normalized spacial score (nSPS) is 11.5. The first-order valence-corrected chi connectivity index (χ1v) is 11.8. The van der Waals surface area contributed by atoms with Gasteiger partial charge in [-0.25, -0.2) is 4.79 Å². The number of amides is 1. The number of anilines is 1. The average molecular weight is 521 g/mol. The predicted octanol–water partition coefficient (Wildman–Crippen LogP) is 7.12. The van der Waals surface area contributed by atoms with Gasteiger partial charge < -0.3 is 18.7 Å². The lowest BCUT2D eigenvalue weighted by Gasteiger charge is -2.15. The van der Waals surface area contributed by atoms with Crippen molar-refractivity contribution < 1.29 is 28.3 Å². The molecule has 1 N–H and O–H groups in total. The van der Waals surface area contributed by atoms with E-state index in [4.69, 9.17) is 30.3 Å². The van der Waals surface area contributed by atoms with Crippen molar-refractivity contribution in [2.45, 2.75) is 26.4 Å². The molecule has 0 unspecified atom stereocenters. The number of ether oxygens (including phenoxy) is 3. The molecule has 1 heterocycles. The smallest absolute Gasteiger partial charge is 0.412 e. The fraction of sp³-hybridized carbons (Fsp3) is 0.179. The summed E-state index contributed by atoms with van der Waals surface area (Å²) in [6.07, 6.45) is -1.06. The van der Waals surface area contributed by atoms with Crippen LogP contribution in [0, 0.1) is 6.92 Å². The predicted molar refractivity (Wildman–Crippen MR) is 139 cm³/mol. The summed E-state index contributed by atoms with van der Waals surface area (Å²) in [6, 6.07) is 21.5. The molecule has 0 saturated heterocycles. The topological polar surface area (TPSA) is 99.9 Å². The number of carbonyl (C=O) groups excluding carboxylic acids is 2. The highest BCUT2D eigenvalue weighted by atomic mass is 35.5. The second-order valence-electron chi connectivity index (χ2n) is 8.19. The Morgan fingerprint density at radius 2 is 1.78 bits per heavy atom. The van der Waals surface area contributed by atoms with E-state index in [-0.39, 0.29) is 12.4 Å². The van der Waals surface area contributed by atoms with E-state index < -0.39 is 12.2 Å². The molecule has 1 amide bonds. The summed E-state index contributed by atoms with van der Waals surface area (Å²) >= 11 is 6.21. The molecule has 0 bridgehead atoms.